The van der Waals surface area contributed by atoms with Crippen molar-refractivity contribution in [2.24, 2.45) is 35.0 Å². The Labute approximate surface area is 362 Å². The summed E-state index contributed by atoms with van der Waals surface area (Å²) in [4.78, 5) is 0. The molecule has 0 N–H and O–H groups in total. The van der Waals surface area contributed by atoms with E-state index in [2.05, 4.69) is 153 Å². The molecule has 3 heteroatoms. The van der Waals surface area contributed by atoms with Crippen molar-refractivity contribution in [3.8, 4) is 11.1 Å². The van der Waals surface area contributed by atoms with Gasteiger partial charge >= 0.3 is 340 Å². The van der Waals surface area contributed by atoms with E-state index in [9.17, 15) is 0 Å². The quantitative estimate of drug-likeness (QED) is 0.195. The van der Waals surface area contributed by atoms with Gasteiger partial charge in [0.15, 0.2) is 0 Å². The molecule has 0 saturated heterocycles. The summed E-state index contributed by atoms with van der Waals surface area (Å²) in [6.07, 6.45) is 18.1. The molecule has 4 fully saturated rings. The second kappa shape index (κ2) is 13.5. The molecule has 4 bridgehead atoms. The molecule has 0 amide bonds. The van der Waals surface area contributed by atoms with E-state index >= 15 is 0 Å². The Morgan fingerprint density at radius 3 is 1.70 bits per heavy atom. The first-order chi connectivity index (χ1) is 26.2. The third kappa shape index (κ3) is 5.70. The summed E-state index contributed by atoms with van der Waals surface area (Å²) in [5.74, 6) is 4.21. The largest absolute Gasteiger partial charge is 1.00 e. The molecule has 0 radical (unpaired) electrons. The van der Waals surface area contributed by atoms with Crippen LogP contribution in [0.4, 0.5) is 0 Å². The van der Waals surface area contributed by atoms with Crippen LogP contribution in [-0.4, -0.2) is 3.21 Å². The van der Waals surface area contributed by atoms with Crippen LogP contribution in [0.5, 0.6) is 0 Å². The standard InChI is InChI=1S/C25H25.C17H23.C12H10.2ClH.Zr/c1-14-12-24(3,4)22-8-16-7-17-9-23-19(15(2)13-25(23,5)6)11-21(17)20(16)10-18(14)22;1-11-3-4-14(5-11)17(2)15-7-12-6-13(9-15)10-16(17)8-12;1-2-10-7-8-11-5-3-4-6-12(11)9-10;;;/h7-13H,1-6H3;4-5,11-13,15-16H,6-10H2,1-2H3;3-9H,1H3;2*1H;/q;;;;;+2/p-2. The molecule has 8 aliphatic rings. The van der Waals surface area contributed by atoms with Crippen molar-refractivity contribution in [3.05, 3.63) is 139 Å². The van der Waals surface area contributed by atoms with Crippen LogP contribution in [-0.2, 0) is 32.1 Å². The molecule has 1 atom stereocenters. The summed E-state index contributed by atoms with van der Waals surface area (Å²) in [5.41, 5.74) is 18.8. The zero-order valence-corrected chi connectivity index (χ0v) is 39.4. The van der Waals surface area contributed by atoms with Crippen molar-refractivity contribution in [1.29, 1.82) is 0 Å². The minimum atomic E-state index is -2.81. The first-order valence-electron chi connectivity index (χ1n) is 21.6. The van der Waals surface area contributed by atoms with Gasteiger partial charge < -0.3 is 24.8 Å². The Balaban J connectivity index is 0.00000211. The maximum Gasteiger partial charge on any atom is -1.00 e. The zero-order valence-electron chi connectivity index (χ0n) is 35.4. The molecule has 0 aliphatic heterocycles. The third-order valence-electron chi connectivity index (χ3n) is 16.6. The van der Waals surface area contributed by atoms with Crippen LogP contribution in [0, 0.1) is 35.0 Å². The molecular weight excluding hydrogens is 811 g/mol. The first kappa shape index (κ1) is 39.9. The van der Waals surface area contributed by atoms with E-state index in [0.717, 1.165) is 23.7 Å². The molecule has 0 aromatic heterocycles. The first-order valence-corrected chi connectivity index (χ1v) is 25.5. The van der Waals surface area contributed by atoms with Gasteiger partial charge in [-0.2, -0.15) is 0 Å². The number of benzene rings is 4. The van der Waals surface area contributed by atoms with Crippen molar-refractivity contribution in [2.45, 2.75) is 109 Å². The third-order valence-corrected chi connectivity index (χ3v) is 25.2. The van der Waals surface area contributed by atoms with Gasteiger partial charge in [0.2, 0.25) is 0 Å². The van der Waals surface area contributed by atoms with Gasteiger partial charge in [0.25, 0.3) is 0 Å². The summed E-state index contributed by atoms with van der Waals surface area (Å²) in [6, 6.07) is 27.1. The zero-order chi connectivity index (χ0) is 37.9. The van der Waals surface area contributed by atoms with Crippen LogP contribution < -0.4 is 24.8 Å². The summed E-state index contributed by atoms with van der Waals surface area (Å²) in [7, 11) is 0. The van der Waals surface area contributed by atoms with Gasteiger partial charge in [-0.25, -0.2) is 0 Å². The van der Waals surface area contributed by atoms with Crippen LogP contribution in [0.25, 0.3) is 33.0 Å². The fraction of sp³-hybridized carbons (Fsp3) is 0.426. The Morgan fingerprint density at radius 2 is 1.16 bits per heavy atom. The van der Waals surface area contributed by atoms with Gasteiger partial charge in [0.1, 0.15) is 0 Å². The molecule has 57 heavy (non-hydrogen) atoms. The Kier molecular flexibility index (Phi) is 9.42. The Morgan fingerprint density at radius 1 is 0.632 bits per heavy atom. The molecule has 0 nitrogen and oxygen atoms in total. The van der Waals surface area contributed by atoms with Crippen LogP contribution in [0.1, 0.15) is 137 Å². The normalized spacial score (nSPS) is 29.4. The van der Waals surface area contributed by atoms with Gasteiger partial charge in [0.05, 0.1) is 0 Å². The number of rotatable bonds is 4. The van der Waals surface area contributed by atoms with Crippen LogP contribution >= 0.6 is 0 Å². The van der Waals surface area contributed by atoms with Gasteiger partial charge in [-0.05, 0) is 0 Å². The maximum absolute atomic E-state index is 2.88. The predicted molar refractivity (Wildman–Crippen MR) is 231 cm³/mol. The molecule has 12 rings (SSSR count). The average molecular weight is 869 g/mol. The number of allylic oxidation sites excluding steroid dienone is 8. The van der Waals surface area contributed by atoms with E-state index in [-0.39, 0.29) is 35.6 Å². The Hall–Kier alpha value is -2.57. The minimum Gasteiger partial charge on any atom is -1.00 e. The molecule has 4 aromatic carbocycles. The van der Waals surface area contributed by atoms with Gasteiger partial charge in [-0.3, -0.25) is 0 Å². The number of halogens is 2. The van der Waals surface area contributed by atoms with Gasteiger partial charge in [-0.15, -0.1) is 0 Å². The number of fused-ring (bicyclic) bond motifs is 6. The van der Waals surface area contributed by atoms with E-state index < -0.39 is 21.3 Å². The van der Waals surface area contributed by atoms with Crippen molar-refractivity contribution in [3.63, 3.8) is 0 Å². The van der Waals surface area contributed by atoms with Gasteiger partial charge in [0, 0.05) is 0 Å². The second-order valence-corrected chi connectivity index (χ2v) is 27.4. The Bertz CT molecular complexity index is 2450. The number of hydrogen-bond donors (Lipinski definition) is 0. The number of hydrogen-bond acceptors (Lipinski definition) is 0. The van der Waals surface area contributed by atoms with Crippen molar-refractivity contribution in [2.75, 3.05) is 0 Å². The molecule has 4 saturated carbocycles. The van der Waals surface area contributed by atoms with Crippen molar-refractivity contribution >= 4 is 25.1 Å². The van der Waals surface area contributed by atoms with E-state index in [1.807, 2.05) is 3.28 Å². The molecule has 8 aliphatic carbocycles. The maximum atomic E-state index is 2.88. The van der Waals surface area contributed by atoms with Crippen LogP contribution in [0.2, 0.25) is 0 Å². The van der Waals surface area contributed by atoms with E-state index in [4.69, 9.17) is 0 Å². The molecule has 4 aromatic rings. The molecular formula is C54H58Cl2Zr. The summed E-state index contributed by atoms with van der Waals surface area (Å²) in [6.45, 7) is 22.3. The summed E-state index contributed by atoms with van der Waals surface area (Å²) >= 11 is -2.81. The second-order valence-electron chi connectivity index (χ2n) is 20.7. The molecule has 292 valence electrons. The predicted octanol–water partition coefficient (Wildman–Crippen LogP) is 8.09. The van der Waals surface area contributed by atoms with Crippen molar-refractivity contribution < 1.29 is 46.1 Å². The SMILES string of the molecule is CC1=CC(C)(C)c2cc3c(cc21)-c1cc2c(cc1[CH]3/[Zr+2]([C]1=CC(C3(C)C4CC5CC(C4)CC3C5)=CC1C)=[C](\C)c1ccc3ccccc3c1)C(C)(C)C=C2C.[Cl-].[Cl-]. The smallest absolute Gasteiger partial charge is 1.00 e. The topological polar surface area (TPSA) is 0 Å². The van der Waals surface area contributed by atoms with Crippen LogP contribution in [0.15, 0.2) is 99.9 Å². The monoisotopic (exact) mass is 866 g/mol. The van der Waals surface area contributed by atoms with E-state index in [1.54, 1.807) is 19.9 Å². The minimum absolute atomic E-state index is 0. The molecule has 0 spiro atoms. The van der Waals surface area contributed by atoms with Crippen LogP contribution in [0.3, 0.4) is 0 Å². The fourth-order valence-corrected chi connectivity index (χ4v) is 22.9. The fourth-order valence-electron chi connectivity index (χ4n) is 13.9. The molecule has 0 heterocycles. The summed E-state index contributed by atoms with van der Waals surface area (Å²) in [5, 5.41) is 2.71. The van der Waals surface area contributed by atoms with Crippen molar-refractivity contribution in [1.82, 2.24) is 0 Å². The average Bonchev–Trinajstić information content (AvgIpc) is 3.82. The van der Waals surface area contributed by atoms with E-state index in [1.165, 1.54) is 93.0 Å². The summed E-state index contributed by atoms with van der Waals surface area (Å²) < 4.78 is 3.99. The van der Waals surface area contributed by atoms with E-state index in [0.29, 0.717) is 15.0 Å². The van der Waals surface area contributed by atoms with Gasteiger partial charge in [-0.1, -0.05) is 0 Å². The molecule has 1 unspecified atom stereocenters.